The van der Waals surface area contributed by atoms with E-state index in [0.29, 0.717) is 11.7 Å². The molecular weight excluding hydrogens is 214 g/mol. The molecule has 0 aromatic carbocycles. The first-order valence-corrected chi connectivity index (χ1v) is 6.32. The molecule has 1 saturated heterocycles. The van der Waals surface area contributed by atoms with E-state index >= 15 is 0 Å². The Morgan fingerprint density at radius 1 is 1.47 bits per heavy atom. The molecule has 1 atom stereocenters. The molecule has 0 saturated carbocycles. The van der Waals surface area contributed by atoms with Crippen LogP contribution >= 0.6 is 0 Å². The van der Waals surface area contributed by atoms with Crippen LogP contribution in [0, 0.1) is 0 Å². The zero-order valence-corrected chi connectivity index (χ0v) is 10.4. The van der Waals surface area contributed by atoms with Crippen molar-refractivity contribution < 1.29 is 0 Å². The number of hydrogen-bond donors (Lipinski definition) is 1. The van der Waals surface area contributed by atoms with Crippen molar-refractivity contribution in [1.29, 1.82) is 0 Å². The zero-order valence-electron chi connectivity index (χ0n) is 10.4. The maximum atomic E-state index is 11.2. The van der Waals surface area contributed by atoms with E-state index in [9.17, 15) is 4.79 Å². The third-order valence-corrected chi connectivity index (χ3v) is 3.65. The Hall–Kier alpha value is -1.29. The van der Waals surface area contributed by atoms with Crippen molar-refractivity contribution in [2.45, 2.75) is 38.3 Å². The summed E-state index contributed by atoms with van der Waals surface area (Å²) in [6.07, 6.45) is 8.62. The number of hydrogen-bond acceptors (Lipinski definition) is 3. The minimum atomic E-state index is -0.0870. The molecule has 1 aromatic rings. The van der Waals surface area contributed by atoms with Crippen LogP contribution in [0.15, 0.2) is 23.3 Å². The van der Waals surface area contributed by atoms with E-state index in [1.807, 2.05) is 10.8 Å². The monoisotopic (exact) mass is 235 g/mol. The molecule has 1 aromatic heterocycles. The van der Waals surface area contributed by atoms with Gasteiger partial charge in [-0.1, -0.05) is 6.42 Å². The SMILES string of the molecule is CN1CCCCC1CCn1ccc(=O)c(N)c1. The number of aromatic nitrogens is 1. The van der Waals surface area contributed by atoms with Gasteiger partial charge in [0.1, 0.15) is 0 Å². The standard InChI is InChI=1S/C13H21N3O/c1-15-7-3-2-4-11(15)5-8-16-9-6-13(17)12(14)10-16/h6,9-11H,2-5,7-8,14H2,1H3. The lowest BCUT2D eigenvalue weighted by Gasteiger charge is -2.32. The Kier molecular flexibility index (Phi) is 3.84. The van der Waals surface area contributed by atoms with E-state index in [4.69, 9.17) is 5.73 Å². The molecule has 2 rings (SSSR count). The number of piperidine rings is 1. The highest BCUT2D eigenvalue weighted by Crippen LogP contribution is 2.18. The summed E-state index contributed by atoms with van der Waals surface area (Å²) in [6.45, 7) is 2.14. The van der Waals surface area contributed by atoms with E-state index in [2.05, 4.69) is 11.9 Å². The van der Waals surface area contributed by atoms with Crippen LogP contribution in [0.3, 0.4) is 0 Å². The van der Waals surface area contributed by atoms with Crippen LogP contribution in [0.2, 0.25) is 0 Å². The second-order valence-electron chi connectivity index (χ2n) is 4.92. The third-order valence-electron chi connectivity index (χ3n) is 3.65. The summed E-state index contributed by atoms with van der Waals surface area (Å²) in [6, 6.07) is 2.21. The molecule has 94 valence electrons. The maximum absolute atomic E-state index is 11.2. The van der Waals surface area contributed by atoms with Crippen molar-refractivity contribution in [3.05, 3.63) is 28.7 Å². The summed E-state index contributed by atoms with van der Waals surface area (Å²) >= 11 is 0. The number of nitrogens with two attached hydrogens (primary N) is 1. The van der Waals surface area contributed by atoms with Crippen LogP contribution in [-0.4, -0.2) is 29.1 Å². The molecule has 1 fully saturated rings. The Bertz CT molecular complexity index is 427. The van der Waals surface area contributed by atoms with Crippen LogP contribution in [0.25, 0.3) is 0 Å². The lowest BCUT2D eigenvalue weighted by atomic mass is 10.0. The van der Waals surface area contributed by atoms with E-state index in [1.165, 1.54) is 25.8 Å². The Morgan fingerprint density at radius 3 is 3.00 bits per heavy atom. The molecule has 1 aliphatic rings. The number of nitrogen functional groups attached to an aromatic ring is 1. The number of aryl methyl sites for hydroxylation is 1. The molecular formula is C13H21N3O. The molecule has 0 bridgehead atoms. The van der Waals surface area contributed by atoms with Crippen LogP contribution < -0.4 is 11.2 Å². The highest BCUT2D eigenvalue weighted by Gasteiger charge is 2.18. The largest absolute Gasteiger partial charge is 0.394 e. The lowest BCUT2D eigenvalue weighted by Crippen LogP contribution is -2.36. The van der Waals surface area contributed by atoms with Crippen molar-refractivity contribution in [3.63, 3.8) is 0 Å². The van der Waals surface area contributed by atoms with Gasteiger partial charge in [0.2, 0.25) is 5.43 Å². The first kappa shape index (κ1) is 12.2. The summed E-state index contributed by atoms with van der Waals surface area (Å²) in [5, 5.41) is 0. The molecule has 2 N–H and O–H groups in total. The predicted octanol–water partition coefficient (Wildman–Crippen LogP) is 1.30. The third kappa shape index (κ3) is 3.09. The molecule has 4 heteroatoms. The highest BCUT2D eigenvalue weighted by molar-refractivity contribution is 5.33. The van der Waals surface area contributed by atoms with E-state index < -0.39 is 0 Å². The first-order chi connectivity index (χ1) is 8.16. The Balaban J connectivity index is 1.92. The zero-order chi connectivity index (χ0) is 12.3. The van der Waals surface area contributed by atoms with Crippen LogP contribution in [-0.2, 0) is 6.54 Å². The van der Waals surface area contributed by atoms with Crippen molar-refractivity contribution in [1.82, 2.24) is 9.47 Å². The number of likely N-dealkylation sites (tertiary alicyclic amines) is 1. The smallest absolute Gasteiger partial charge is 0.204 e. The van der Waals surface area contributed by atoms with Gasteiger partial charge in [0, 0.05) is 31.0 Å². The van der Waals surface area contributed by atoms with Gasteiger partial charge in [0.15, 0.2) is 0 Å². The highest BCUT2D eigenvalue weighted by atomic mass is 16.1. The number of rotatable bonds is 3. The molecule has 1 unspecified atom stereocenters. The average Bonchev–Trinajstić information content (AvgIpc) is 2.32. The van der Waals surface area contributed by atoms with Crippen molar-refractivity contribution in [3.8, 4) is 0 Å². The first-order valence-electron chi connectivity index (χ1n) is 6.32. The fourth-order valence-electron chi connectivity index (χ4n) is 2.49. The van der Waals surface area contributed by atoms with E-state index in [1.54, 1.807) is 12.3 Å². The van der Waals surface area contributed by atoms with Gasteiger partial charge in [-0.25, -0.2) is 0 Å². The number of anilines is 1. The molecule has 0 radical (unpaired) electrons. The average molecular weight is 235 g/mol. The second kappa shape index (κ2) is 5.36. The van der Waals surface area contributed by atoms with E-state index in [-0.39, 0.29) is 5.43 Å². The quantitative estimate of drug-likeness (QED) is 0.859. The summed E-state index contributed by atoms with van der Waals surface area (Å²) in [4.78, 5) is 13.6. The predicted molar refractivity (Wildman–Crippen MR) is 70.0 cm³/mol. The summed E-state index contributed by atoms with van der Waals surface area (Å²) < 4.78 is 2.01. The second-order valence-corrected chi connectivity index (χ2v) is 4.92. The summed E-state index contributed by atoms with van der Waals surface area (Å²) in [5.74, 6) is 0. The minimum Gasteiger partial charge on any atom is -0.394 e. The molecule has 0 spiro atoms. The van der Waals surface area contributed by atoms with Crippen molar-refractivity contribution in [2.75, 3.05) is 19.3 Å². The molecule has 1 aliphatic heterocycles. The van der Waals surface area contributed by atoms with Gasteiger partial charge < -0.3 is 15.2 Å². The van der Waals surface area contributed by atoms with Gasteiger partial charge in [-0.3, -0.25) is 4.79 Å². The molecule has 2 heterocycles. The van der Waals surface area contributed by atoms with Crippen LogP contribution in [0.4, 0.5) is 5.69 Å². The Morgan fingerprint density at radius 2 is 2.29 bits per heavy atom. The summed E-state index contributed by atoms with van der Waals surface area (Å²) in [5.41, 5.74) is 5.86. The van der Waals surface area contributed by atoms with Gasteiger partial charge in [-0.15, -0.1) is 0 Å². The van der Waals surface area contributed by atoms with Gasteiger partial charge in [-0.2, -0.15) is 0 Å². The van der Waals surface area contributed by atoms with Crippen molar-refractivity contribution in [2.24, 2.45) is 0 Å². The fraction of sp³-hybridized carbons (Fsp3) is 0.615. The fourth-order valence-corrected chi connectivity index (χ4v) is 2.49. The molecule has 4 nitrogen and oxygen atoms in total. The Labute approximate surface area is 102 Å². The van der Waals surface area contributed by atoms with E-state index in [0.717, 1.165) is 13.0 Å². The topological polar surface area (TPSA) is 51.3 Å². The normalized spacial score (nSPS) is 21.6. The lowest BCUT2D eigenvalue weighted by molar-refractivity contribution is 0.171. The maximum Gasteiger partial charge on any atom is 0.204 e. The van der Waals surface area contributed by atoms with Gasteiger partial charge in [-0.05, 0) is 32.9 Å². The minimum absolute atomic E-state index is 0.0870. The van der Waals surface area contributed by atoms with Crippen molar-refractivity contribution >= 4 is 5.69 Å². The number of nitrogens with zero attached hydrogens (tertiary/aromatic N) is 2. The van der Waals surface area contributed by atoms with Gasteiger partial charge >= 0.3 is 0 Å². The molecule has 0 aliphatic carbocycles. The van der Waals surface area contributed by atoms with Gasteiger partial charge in [0.25, 0.3) is 0 Å². The van der Waals surface area contributed by atoms with Crippen LogP contribution in [0.1, 0.15) is 25.7 Å². The van der Waals surface area contributed by atoms with Crippen LogP contribution in [0.5, 0.6) is 0 Å². The molecule has 17 heavy (non-hydrogen) atoms. The van der Waals surface area contributed by atoms with Gasteiger partial charge in [0.05, 0.1) is 5.69 Å². The molecule has 0 amide bonds. The number of pyridine rings is 1. The summed E-state index contributed by atoms with van der Waals surface area (Å²) in [7, 11) is 2.20.